The van der Waals surface area contributed by atoms with Gasteiger partial charge < -0.3 is 10.2 Å². The van der Waals surface area contributed by atoms with Gasteiger partial charge in [0.2, 0.25) is 0 Å². The summed E-state index contributed by atoms with van der Waals surface area (Å²) in [4.78, 5) is 0. The fraction of sp³-hybridized carbons (Fsp3) is 0.286. The highest BCUT2D eigenvalue weighted by atomic mass is 19.1. The molecule has 0 fully saturated rings. The number of hydrogen-bond donors (Lipinski definition) is 1. The van der Waals surface area contributed by atoms with E-state index in [1.54, 1.807) is 6.07 Å². The second-order valence-electron chi connectivity index (χ2n) is 4.25. The van der Waals surface area contributed by atoms with Crippen LogP contribution in [0.4, 0.5) is 8.78 Å². The van der Waals surface area contributed by atoms with E-state index >= 15 is 0 Å². The molecule has 0 saturated heterocycles. The van der Waals surface area contributed by atoms with Gasteiger partial charge in [-0.1, -0.05) is 6.92 Å². The molecular weight excluding hydrogens is 236 g/mol. The maximum atomic E-state index is 13.8. The lowest BCUT2D eigenvalue weighted by Gasteiger charge is -2.14. The van der Waals surface area contributed by atoms with Crippen molar-refractivity contribution >= 4 is 0 Å². The molecule has 0 saturated carbocycles. The zero-order valence-corrected chi connectivity index (χ0v) is 10.3. The highest BCUT2D eigenvalue weighted by Crippen LogP contribution is 2.27. The van der Waals surface area contributed by atoms with Crippen molar-refractivity contribution < 1.29 is 13.2 Å². The summed E-state index contributed by atoms with van der Waals surface area (Å²) in [6.07, 6.45) is 2.17. The minimum atomic E-state index is -0.714. The van der Waals surface area contributed by atoms with Gasteiger partial charge in [-0.2, -0.15) is 0 Å². The smallest absolute Gasteiger partial charge is 0.128 e. The highest BCUT2D eigenvalue weighted by Gasteiger charge is 2.19. The molecule has 1 aromatic carbocycles. The van der Waals surface area contributed by atoms with Gasteiger partial charge in [-0.25, -0.2) is 8.78 Å². The molecule has 1 heterocycles. The molecule has 0 aliphatic heterocycles. The van der Waals surface area contributed by atoms with Crippen LogP contribution in [0.1, 0.15) is 35.4 Å². The molecule has 0 radical (unpaired) electrons. The van der Waals surface area contributed by atoms with E-state index in [1.807, 2.05) is 6.92 Å². The molecule has 4 heteroatoms. The van der Waals surface area contributed by atoms with E-state index in [0.29, 0.717) is 17.7 Å². The Bertz CT molecular complexity index is 563. The van der Waals surface area contributed by atoms with E-state index in [2.05, 4.69) is 0 Å². The molecule has 0 aliphatic carbocycles. The minimum absolute atomic E-state index is 0.147. The molecule has 0 spiro atoms. The summed E-state index contributed by atoms with van der Waals surface area (Å²) in [6, 6.07) is 3.30. The summed E-state index contributed by atoms with van der Waals surface area (Å²) in [6.45, 7) is 3.43. The van der Waals surface area contributed by atoms with Crippen LogP contribution < -0.4 is 5.73 Å². The second kappa shape index (κ2) is 4.90. The Balaban J connectivity index is 2.46. The highest BCUT2D eigenvalue weighted by molar-refractivity contribution is 5.36. The monoisotopic (exact) mass is 251 g/mol. The molecular formula is C14H15F2NO. The molecule has 2 rings (SSSR count). The number of aryl methyl sites for hydroxylation is 2. The van der Waals surface area contributed by atoms with Crippen molar-refractivity contribution in [1.82, 2.24) is 0 Å². The third-order valence-corrected chi connectivity index (χ3v) is 3.05. The van der Waals surface area contributed by atoms with Crippen molar-refractivity contribution in [3.8, 4) is 0 Å². The first-order valence-electron chi connectivity index (χ1n) is 5.82. The quantitative estimate of drug-likeness (QED) is 0.907. The third kappa shape index (κ3) is 2.16. The van der Waals surface area contributed by atoms with Gasteiger partial charge in [0.25, 0.3) is 0 Å². The topological polar surface area (TPSA) is 39.2 Å². The van der Waals surface area contributed by atoms with Crippen LogP contribution in [0, 0.1) is 18.6 Å². The lowest BCUT2D eigenvalue weighted by molar-refractivity contribution is 0.507. The Labute approximate surface area is 104 Å². The zero-order valence-electron chi connectivity index (χ0n) is 10.3. The van der Waals surface area contributed by atoms with Crippen molar-refractivity contribution in [3.05, 3.63) is 58.5 Å². The number of benzene rings is 1. The summed E-state index contributed by atoms with van der Waals surface area (Å²) >= 11 is 0. The number of hydrogen-bond acceptors (Lipinski definition) is 2. The molecule has 18 heavy (non-hydrogen) atoms. The lowest BCUT2D eigenvalue weighted by atomic mass is 9.97. The van der Waals surface area contributed by atoms with E-state index in [9.17, 15) is 8.78 Å². The molecule has 1 aromatic heterocycles. The lowest BCUT2D eigenvalue weighted by Crippen LogP contribution is -2.15. The van der Waals surface area contributed by atoms with E-state index in [0.717, 1.165) is 12.1 Å². The molecule has 0 amide bonds. The van der Waals surface area contributed by atoms with Crippen LogP contribution in [0.25, 0.3) is 0 Å². The zero-order chi connectivity index (χ0) is 13.3. The van der Waals surface area contributed by atoms with Gasteiger partial charge in [0.1, 0.15) is 17.4 Å². The van der Waals surface area contributed by atoms with Crippen LogP contribution in [0.3, 0.4) is 0 Å². The first kappa shape index (κ1) is 12.8. The minimum Gasteiger partial charge on any atom is -0.469 e. The van der Waals surface area contributed by atoms with Crippen LogP contribution >= 0.6 is 0 Å². The SMILES string of the molecule is CCc1occc1C(N)c1cc(F)c(C)cc1F. The van der Waals surface area contributed by atoms with Gasteiger partial charge in [-0.3, -0.25) is 0 Å². The number of halogens is 2. The van der Waals surface area contributed by atoms with E-state index in [-0.39, 0.29) is 11.1 Å². The molecule has 1 unspecified atom stereocenters. The van der Waals surface area contributed by atoms with E-state index in [4.69, 9.17) is 10.2 Å². The molecule has 0 bridgehead atoms. The summed E-state index contributed by atoms with van der Waals surface area (Å²) in [5.41, 5.74) is 7.10. The fourth-order valence-electron chi connectivity index (χ4n) is 1.98. The standard InChI is InChI=1S/C14H15F2NO/c1-3-13-9(4-5-18-13)14(17)10-7-11(15)8(2)6-12(10)16/h4-7,14H,3,17H2,1-2H3. The number of furan rings is 1. The Morgan fingerprint density at radius 3 is 2.61 bits per heavy atom. The van der Waals surface area contributed by atoms with Crippen LogP contribution in [-0.2, 0) is 6.42 Å². The average Bonchev–Trinajstić information content (AvgIpc) is 2.81. The first-order chi connectivity index (χ1) is 8.54. The average molecular weight is 251 g/mol. The van der Waals surface area contributed by atoms with Crippen molar-refractivity contribution in [2.75, 3.05) is 0 Å². The number of rotatable bonds is 3. The van der Waals surface area contributed by atoms with Crippen LogP contribution in [0.2, 0.25) is 0 Å². The van der Waals surface area contributed by atoms with Gasteiger partial charge in [-0.05, 0) is 30.7 Å². The van der Waals surface area contributed by atoms with Gasteiger partial charge in [0.15, 0.2) is 0 Å². The predicted molar refractivity (Wildman–Crippen MR) is 65.2 cm³/mol. The normalized spacial score (nSPS) is 12.7. The molecule has 0 aliphatic rings. The van der Waals surface area contributed by atoms with Crippen LogP contribution in [0.5, 0.6) is 0 Å². The van der Waals surface area contributed by atoms with Crippen molar-refractivity contribution in [1.29, 1.82) is 0 Å². The maximum absolute atomic E-state index is 13.8. The summed E-state index contributed by atoms with van der Waals surface area (Å²) in [7, 11) is 0. The van der Waals surface area contributed by atoms with E-state index < -0.39 is 17.7 Å². The molecule has 2 nitrogen and oxygen atoms in total. The van der Waals surface area contributed by atoms with Gasteiger partial charge in [-0.15, -0.1) is 0 Å². The van der Waals surface area contributed by atoms with Gasteiger partial charge in [0, 0.05) is 17.5 Å². The predicted octanol–water partition coefficient (Wildman–Crippen LogP) is 3.48. The second-order valence-corrected chi connectivity index (χ2v) is 4.25. The van der Waals surface area contributed by atoms with Crippen LogP contribution in [0.15, 0.2) is 28.9 Å². The Kier molecular flexibility index (Phi) is 3.48. The first-order valence-corrected chi connectivity index (χ1v) is 5.82. The van der Waals surface area contributed by atoms with E-state index in [1.165, 1.54) is 13.2 Å². The fourth-order valence-corrected chi connectivity index (χ4v) is 1.98. The third-order valence-electron chi connectivity index (χ3n) is 3.05. The van der Waals surface area contributed by atoms with Crippen LogP contribution in [-0.4, -0.2) is 0 Å². The number of nitrogens with two attached hydrogens (primary N) is 1. The van der Waals surface area contributed by atoms with Crippen molar-refractivity contribution in [2.24, 2.45) is 5.73 Å². The largest absolute Gasteiger partial charge is 0.469 e. The Morgan fingerprint density at radius 1 is 1.22 bits per heavy atom. The van der Waals surface area contributed by atoms with Gasteiger partial charge in [0.05, 0.1) is 12.3 Å². The maximum Gasteiger partial charge on any atom is 0.128 e. The van der Waals surface area contributed by atoms with Crippen molar-refractivity contribution in [3.63, 3.8) is 0 Å². The summed E-state index contributed by atoms with van der Waals surface area (Å²) < 4.78 is 32.6. The molecule has 2 N–H and O–H groups in total. The van der Waals surface area contributed by atoms with Crippen molar-refractivity contribution in [2.45, 2.75) is 26.3 Å². The Morgan fingerprint density at radius 2 is 1.94 bits per heavy atom. The Hall–Kier alpha value is -1.68. The molecule has 1 atom stereocenters. The summed E-state index contributed by atoms with van der Waals surface area (Å²) in [5, 5.41) is 0. The molecule has 96 valence electrons. The summed E-state index contributed by atoms with van der Waals surface area (Å²) in [5.74, 6) is -0.254. The molecule has 2 aromatic rings. The van der Waals surface area contributed by atoms with Gasteiger partial charge >= 0.3 is 0 Å².